The molecule has 0 aliphatic carbocycles. The van der Waals surface area contributed by atoms with Crippen molar-refractivity contribution in [3.63, 3.8) is 0 Å². The quantitative estimate of drug-likeness (QED) is 0.499. The van der Waals surface area contributed by atoms with Gasteiger partial charge in [0.25, 0.3) is 0 Å². The minimum atomic E-state index is -3.67. The Kier molecular flexibility index (Phi) is 7.01. The molecule has 1 aliphatic rings. The summed E-state index contributed by atoms with van der Waals surface area (Å²) in [5.41, 5.74) is 2.79. The molecule has 1 heterocycles. The Labute approximate surface area is 193 Å². The van der Waals surface area contributed by atoms with E-state index < -0.39 is 10.0 Å². The Morgan fingerprint density at radius 2 is 1.66 bits per heavy atom. The van der Waals surface area contributed by atoms with Crippen molar-refractivity contribution in [3.05, 3.63) is 88.4 Å². The van der Waals surface area contributed by atoms with Crippen LogP contribution in [-0.2, 0) is 34.5 Å². The van der Waals surface area contributed by atoms with Crippen molar-refractivity contribution >= 4 is 21.6 Å². The second-order valence-electron chi connectivity index (χ2n) is 7.42. The molecular formula is C24H24ClNO5S. The average Bonchev–Trinajstić information content (AvgIpc) is 3.03. The number of hydrogen-bond donors (Lipinski definition) is 0. The van der Waals surface area contributed by atoms with Gasteiger partial charge in [0.2, 0.25) is 10.0 Å². The number of benzene rings is 3. The standard InChI is InChI=1S/C24H24ClNO5S/c1-29-22-7-9-23(10-8-22)32(27,28)26-12-13-31-24-11-4-19(14-20(24)15-26)17-30-16-18-2-5-21(25)6-3-18/h2-11,14H,12-13,15-17H2,1H3. The Bertz CT molecular complexity index is 1160. The maximum atomic E-state index is 13.2. The van der Waals surface area contributed by atoms with Gasteiger partial charge in [0.1, 0.15) is 18.1 Å². The predicted octanol–water partition coefficient (Wildman–Crippen LogP) is 4.65. The highest BCUT2D eigenvalue weighted by atomic mass is 35.5. The van der Waals surface area contributed by atoms with E-state index in [0.29, 0.717) is 29.7 Å². The van der Waals surface area contributed by atoms with E-state index in [9.17, 15) is 8.42 Å². The van der Waals surface area contributed by atoms with Crippen LogP contribution in [0.4, 0.5) is 0 Å². The first-order chi connectivity index (χ1) is 15.5. The molecule has 0 amide bonds. The molecule has 1 aliphatic heterocycles. The van der Waals surface area contributed by atoms with Gasteiger partial charge in [0, 0.05) is 23.7 Å². The summed E-state index contributed by atoms with van der Waals surface area (Å²) in [7, 11) is -2.12. The van der Waals surface area contributed by atoms with E-state index in [4.69, 9.17) is 25.8 Å². The Hall–Kier alpha value is -2.58. The number of fused-ring (bicyclic) bond motifs is 1. The molecule has 0 fully saturated rings. The SMILES string of the molecule is COc1ccc(S(=O)(=O)N2CCOc3ccc(COCc4ccc(Cl)cc4)cc3C2)cc1. The van der Waals surface area contributed by atoms with Crippen LogP contribution in [0.25, 0.3) is 0 Å². The van der Waals surface area contributed by atoms with Gasteiger partial charge >= 0.3 is 0 Å². The Morgan fingerprint density at radius 1 is 0.969 bits per heavy atom. The van der Waals surface area contributed by atoms with Crippen LogP contribution < -0.4 is 9.47 Å². The van der Waals surface area contributed by atoms with Crippen molar-refractivity contribution in [2.45, 2.75) is 24.7 Å². The lowest BCUT2D eigenvalue weighted by Crippen LogP contribution is -2.32. The van der Waals surface area contributed by atoms with Gasteiger partial charge in [-0.2, -0.15) is 4.31 Å². The predicted molar refractivity (Wildman–Crippen MR) is 122 cm³/mol. The van der Waals surface area contributed by atoms with Crippen LogP contribution in [0.15, 0.2) is 71.6 Å². The van der Waals surface area contributed by atoms with Gasteiger partial charge in [0.05, 0.1) is 25.2 Å². The molecule has 0 saturated heterocycles. The molecule has 0 aromatic heterocycles. The minimum Gasteiger partial charge on any atom is -0.497 e. The fourth-order valence-corrected chi connectivity index (χ4v) is 5.01. The summed E-state index contributed by atoms with van der Waals surface area (Å²) in [5.74, 6) is 1.30. The lowest BCUT2D eigenvalue weighted by molar-refractivity contribution is 0.107. The van der Waals surface area contributed by atoms with Crippen molar-refractivity contribution in [3.8, 4) is 11.5 Å². The number of nitrogens with zero attached hydrogens (tertiary/aromatic N) is 1. The molecule has 0 N–H and O–H groups in total. The molecule has 0 atom stereocenters. The highest BCUT2D eigenvalue weighted by Crippen LogP contribution is 2.28. The van der Waals surface area contributed by atoms with Crippen molar-refractivity contribution in [2.75, 3.05) is 20.3 Å². The smallest absolute Gasteiger partial charge is 0.243 e. The summed E-state index contributed by atoms with van der Waals surface area (Å²) in [6.07, 6.45) is 0. The lowest BCUT2D eigenvalue weighted by atomic mass is 10.1. The van der Waals surface area contributed by atoms with E-state index in [1.165, 1.54) is 4.31 Å². The summed E-state index contributed by atoms with van der Waals surface area (Å²) in [6.45, 7) is 1.65. The monoisotopic (exact) mass is 473 g/mol. The van der Waals surface area contributed by atoms with Gasteiger partial charge in [-0.1, -0.05) is 29.8 Å². The van der Waals surface area contributed by atoms with Crippen LogP contribution in [0.1, 0.15) is 16.7 Å². The first kappa shape index (κ1) is 22.6. The first-order valence-corrected chi connectivity index (χ1v) is 12.0. The summed E-state index contributed by atoms with van der Waals surface area (Å²) in [4.78, 5) is 0.226. The normalized spacial score (nSPS) is 14.3. The number of halogens is 1. The second kappa shape index (κ2) is 9.92. The van der Waals surface area contributed by atoms with Gasteiger partial charge < -0.3 is 14.2 Å². The largest absolute Gasteiger partial charge is 0.497 e. The first-order valence-electron chi connectivity index (χ1n) is 10.2. The van der Waals surface area contributed by atoms with E-state index in [-0.39, 0.29) is 24.6 Å². The molecule has 0 spiro atoms. The summed E-state index contributed by atoms with van der Waals surface area (Å²) in [6, 6.07) is 19.7. The van der Waals surface area contributed by atoms with Crippen LogP contribution in [0.2, 0.25) is 5.02 Å². The molecule has 3 aromatic carbocycles. The van der Waals surface area contributed by atoms with E-state index in [2.05, 4.69) is 0 Å². The topological polar surface area (TPSA) is 65.1 Å². The molecule has 0 saturated carbocycles. The van der Waals surface area contributed by atoms with Crippen LogP contribution in [0.5, 0.6) is 11.5 Å². The fourth-order valence-electron chi connectivity index (χ4n) is 3.48. The van der Waals surface area contributed by atoms with Gasteiger partial charge in [-0.3, -0.25) is 0 Å². The minimum absolute atomic E-state index is 0.226. The van der Waals surface area contributed by atoms with E-state index in [0.717, 1.165) is 16.7 Å². The zero-order valence-corrected chi connectivity index (χ0v) is 19.2. The Balaban J connectivity index is 1.47. The van der Waals surface area contributed by atoms with Gasteiger partial charge in [-0.15, -0.1) is 0 Å². The summed E-state index contributed by atoms with van der Waals surface area (Å²) >= 11 is 5.91. The molecule has 3 aromatic rings. The van der Waals surface area contributed by atoms with E-state index in [1.807, 2.05) is 42.5 Å². The van der Waals surface area contributed by atoms with Gasteiger partial charge in [0.15, 0.2) is 0 Å². The van der Waals surface area contributed by atoms with Crippen molar-refractivity contribution in [1.29, 1.82) is 0 Å². The molecule has 0 bridgehead atoms. The fraction of sp³-hybridized carbons (Fsp3) is 0.250. The van der Waals surface area contributed by atoms with Crippen molar-refractivity contribution < 1.29 is 22.6 Å². The molecular weight excluding hydrogens is 450 g/mol. The van der Waals surface area contributed by atoms with E-state index >= 15 is 0 Å². The number of rotatable bonds is 7. The summed E-state index contributed by atoms with van der Waals surface area (Å²) in [5, 5.41) is 0.689. The highest BCUT2D eigenvalue weighted by molar-refractivity contribution is 7.89. The van der Waals surface area contributed by atoms with E-state index in [1.54, 1.807) is 31.4 Å². The molecule has 0 radical (unpaired) electrons. The average molecular weight is 474 g/mol. The third kappa shape index (κ3) is 5.24. The lowest BCUT2D eigenvalue weighted by Gasteiger charge is -2.20. The van der Waals surface area contributed by atoms with Crippen LogP contribution >= 0.6 is 11.6 Å². The highest BCUT2D eigenvalue weighted by Gasteiger charge is 2.28. The third-order valence-electron chi connectivity index (χ3n) is 5.22. The van der Waals surface area contributed by atoms with Crippen LogP contribution in [0.3, 0.4) is 0 Å². The third-order valence-corrected chi connectivity index (χ3v) is 7.33. The van der Waals surface area contributed by atoms with Crippen LogP contribution in [-0.4, -0.2) is 33.0 Å². The molecule has 168 valence electrons. The number of methoxy groups -OCH3 is 1. The Morgan fingerprint density at radius 3 is 2.38 bits per heavy atom. The zero-order valence-electron chi connectivity index (χ0n) is 17.7. The number of sulfonamides is 1. The maximum absolute atomic E-state index is 13.2. The molecule has 6 nitrogen and oxygen atoms in total. The maximum Gasteiger partial charge on any atom is 0.243 e. The molecule has 4 rings (SSSR count). The number of hydrogen-bond acceptors (Lipinski definition) is 5. The van der Waals surface area contributed by atoms with Gasteiger partial charge in [-0.25, -0.2) is 8.42 Å². The molecule has 32 heavy (non-hydrogen) atoms. The zero-order chi connectivity index (χ0) is 22.6. The molecule has 0 unspecified atom stereocenters. The second-order valence-corrected chi connectivity index (χ2v) is 9.80. The summed E-state index contributed by atoms with van der Waals surface area (Å²) < 4.78 is 44.6. The van der Waals surface area contributed by atoms with Crippen molar-refractivity contribution in [2.24, 2.45) is 0 Å². The van der Waals surface area contributed by atoms with Crippen molar-refractivity contribution in [1.82, 2.24) is 4.31 Å². The molecule has 8 heteroatoms. The van der Waals surface area contributed by atoms with Gasteiger partial charge in [-0.05, 0) is 59.7 Å². The number of ether oxygens (including phenoxy) is 3. The van der Waals surface area contributed by atoms with Crippen LogP contribution in [0, 0.1) is 0 Å².